The summed E-state index contributed by atoms with van der Waals surface area (Å²) in [6, 6.07) is 15.3. The van der Waals surface area contributed by atoms with Gasteiger partial charge in [-0.1, -0.05) is 6.07 Å². The van der Waals surface area contributed by atoms with Crippen molar-refractivity contribution < 1.29 is 27.9 Å². The first kappa shape index (κ1) is 35.8. The highest BCUT2D eigenvalue weighted by atomic mass is 19.1. The predicted octanol–water partition coefficient (Wildman–Crippen LogP) is 6.26. The molecule has 0 saturated carbocycles. The van der Waals surface area contributed by atoms with Crippen LogP contribution in [0.4, 0.5) is 13.6 Å². The number of hydrogen-bond acceptors (Lipinski definition) is 7. The number of pyridine rings is 1. The second-order valence-electron chi connectivity index (χ2n) is 13.2. The van der Waals surface area contributed by atoms with Crippen LogP contribution in [0, 0.1) is 23.5 Å². The van der Waals surface area contributed by atoms with Crippen LogP contribution >= 0.6 is 0 Å². The van der Waals surface area contributed by atoms with Crippen molar-refractivity contribution in [2.24, 2.45) is 11.8 Å². The lowest BCUT2D eigenvalue weighted by molar-refractivity contribution is 0.0485. The summed E-state index contributed by atoms with van der Waals surface area (Å²) in [5.41, 5.74) is 1.66. The summed E-state index contributed by atoms with van der Waals surface area (Å²) in [5, 5.41) is 6.22. The summed E-state index contributed by atoms with van der Waals surface area (Å²) in [6.45, 7) is 9.50. The van der Waals surface area contributed by atoms with Crippen LogP contribution in [-0.2, 0) is 11.2 Å². The summed E-state index contributed by atoms with van der Waals surface area (Å²) in [6.07, 6.45) is 6.98. The van der Waals surface area contributed by atoms with E-state index in [4.69, 9.17) is 4.74 Å². The van der Waals surface area contributed by atoms with Crippen LogP contribution in [0.25, 0.3) is 0 Å². The van der Waals surface area contributed by atoms with E-state index in [1.807, 2.05) is 32.9 Å². The molecule has 0 unspecified atom stereocenters. The number of amides is 1. The van der Waals surface area contributed by atoms with Crippen LogP contribution in [0.1, 0.15) is 72.7 Å². The summed E-state index contributed by atoms with van der Waals surface area (Å²) in [7, 11) is 0. The van der Waals surface area contributed by atoms with E-state index in [1.165, 1.54) is 24.3 Å². The fourth-order valence-corrected chi connectivity index (χ4v) is 5.91. The molecule has 2 aromatic carbocycles. The van der Waals surface area contributed by atoms with Gasteiger partial charge in [0, 0.05) is 47.9 Å². The van der Waals surface area contributed by atoms with Gasteiger partial charge in [0.1, 0.15) is 17.2 Å². The quantitative estimate of drug-likeness (QED) is 0.264. The standard InChI is InChI=1S/C25H32FN3O3.C12H14FNO/c1-25(2,3)32-24(31)28-22(15-18-5-4-12-27-16-18)17-29-13-10-20(11-14-29)23(30)19-6-8-21(26)9-7-19;13-11-3-1-9(2-4-11)12(15)10-5-7-14-8-6-10/h4-9,12,16,20,22H,10-11,13-15,17H2,1-3H3,(H,28,31);1-4,10,14H,5-8H2/t22-;/m1./s1. The number of alkyl carbamates (subject to hydrolysis) is 1. The van der Waals surface area contributed by atoms with E-state index < -0.39 is 11.7 Å². The minimum atomic E-state index is -0.567. The summed E-state index contributed by atoms with van der Waals surface area (Å²) >= 11 is 0. The average Bonchev–Trinajstić information content (AvgIpc) is 3.05. The van der Waals surface area contributed by atoms with Crippen molar-refractivity contribution in [1.29, 1.82) is 0 Å². The van der Waals surface area contributed by atoms with Gasteiger partial charge in [0.05, 0.1) is 0 Å². The average molecular weight is 649 g/mol. The molecule has 5 rings (SSSR count). The SMILES string of the molecule is CC(C)(C)OC(=O)N[C@H](Cc1cccnc1)CN1CCC(C(=O)c2ccc(F)cc2)CC1.O=C(c1ccc(F)cc1)C1CCNCC1. The van der Waals surface area contributed by atoms with Gasteiger partial charge in [0.25, 0.3) is 0 Å². The van der Waals surface area contributed by atoms with Crippen LogP contribution in [0.5, 0.6) is 0 Å². The number of ether oxygens (including phenoxy) is 1. The molecule has 252 valence electrons. The number of halogens is 2. The predicted molar refractivity (Wildman–Crippen MR) is 177 cm³/mol. The highest BCUT2D eigenvalue weighted by Crippen LogP contribution is 2.23. The van der Waals surface area contributed by atoms with Crippen molar-refractivity contribution in [3.05, 3.63) is 101 Å². The number of aromatic nitrogens is 1. The third-order valence-electron chi connectivity index (χ3n) is 8.33. The molecule has 2 saturated heterocycles. The topological polar surface area (TPSA) is 101 Å². The van der Waals surface area contributed by atoms with Crippen LogP contribution < -0.4 is 10.6 Å². The highest BCUT2D eigenvalue weighted by Gasteiger charge is 2.28. The Morgan fingerprint density at radius 2 is 1.40 bits per heavy atom. The van der Waals surface area contributed by atoms with E-state index in [1.54, 1.807) is 36.7 Å². The molecule has 1 atom stereocenters. The Bertz CT molecular complexity index is 1430. The van der Waals surface area contributed by atoms with Crippen molar-refractivity contribution in [3.8, 4) is 0 Å². The second-order valence-corrected chi connectivity index (χ2v) is 13.2. The Hall–Kier alpha value is -4.02. The largest absolute Gasteiger partial charge is 0.444 e. The van der Waals surface area contributed by atoms with Gasteiger partial charge in [-0.2, -0.15) is 0 Å². The van der Waals surface area contributed by atoms with E-state index >= 15 is 0 Å². The van der Waals surface area contributed by atoms with Crippen LogP contribution in [0.15, 0.2) is 73.1 Å². The zero-order valence-electron chi connectivity index (χ0n) is 27.5. The van der Waals surface area contributed by atoms with Gasteiger partial charge in [-0.05, 0) is 139 Å². The molecule has 10 heteroatoms. The van der Waals surface area contributed by atoms with Gasteiger partial charge in [0.2, 0.25) is 0 Å². The number of hydrogen-bond donors (Lipinski definition) is 2. The number of nitrogens with one attached hydrogen (secondary N) is 2. The van der Waals surface area contributed by atoms with Gasteiger partial charge in [0.15, 0.2) is 11.6 Å². The summed E-state index contributed by atoms with van der Waals surface area (Å²) in [4.78, 5) is 43.5. The third kappa shape index (κ3) is 11.9. The lowest BCUT2D eigenvalue weighted by Crippen LogP contribution is -2.48. The molecule has 0 radical (unpaired) electrons. The number of carbonyl (C=O) groups excluding carboxylic acids is 3. The van der Waals surface area contributed by atoms with E-state index in [2.05, 4.69) is 20.5 Å². The number of nitrogens with zero attached hydrogens (tertiary/aromatic N) is 2. The zero-order valence-corrected chi connectivity index (χ0v) is 27.5. The Morgan fingerprint density at radius 1 is 0.872 bits per heavy atom. The molecule has 47 heavy (non-hydrogen) atoms. The van der Waals surface area contributed by atoms with Gasteiger partial charge in [-0.25, -0.2) is 13.6 Å². The molecule has 2 fully saturated rings. The fourth-order valence-electron chi connectivity index (χ4n) is 5.91. The second kappa shape index (κ2) is 17.2. The van der Waals surface area contributed by atoms with Gasteiger partial charge < -0.3 is 20.3 Å². The molecule has 3 aromatic rings. The molecule has 1 aromatic heterocycles. The number of ketones is 2. The molecule has 8 nitrogen and oxygen atoms in total. The fraction of sp³-hybridized carbons (Fsp3) is 0.459. The minimum absolute atomic E-state index is 0.0627. The molecule has 2 aliphatic heterocycles. The van der Waals surface area contributed by atoms with E-state index in [0.717, 1.165) is 57.4 Å². The van der Waals surface area contributed by atoms with E-state index in [-0.39, 0.29) is 41.1 Å². The van der Waals surface area contributed by atoms with Crippen molar-refractivity contribution in [2.45, 2.75) is 64.5 Å². The first-order valence-electron chi connectivity index (χ1n) is 16.4. The van der Waals surface area contributed by atoms with Crippen molar-refractivity contribution >= 4 is 17.7 Å². The number of Topliss-reactive ketones (excluding diaryl/α,β-unsaturated/α-hetero) is 2. The normalized spacial score (nSPS) is 16.8. The maximum absolute atomic E-state index is 13.1. The Morgan fingerprint density at radius 3 is 1.89 bits per heavy atom. The zero-order chi connectivity index (χ0) is 33.8. The lowest BCUT2D eigenvalue weighted by Gasteiger charge is -2.34. The number of likely N-dealkylation sites (tertiary alicyclic amines) is 1. The molecular formula is C37H46F2N4O4. The molecule has 0 spiro atoms. The van der Waals surface area contributed by atoms with Crippen molar-refractivity contribution in [1.82, 2.24) is 20.5 Å². The van der Waals surface area contributed by atoms with Gasteiger partial charge in [-0.3, -0.25) is 14.6 Å². The molecule has 0 aliphatic carbocycles. The van der Waals surface area contributed by atoms with Crippen LogP contribution in [-0.4, -0.2) is 71.9 Å². The van der Waals surface area contributed by atoms with E-state index in [9.17, 15) is 23.2 Å². The van der Waals surface area contributed by atoms with Crippen molar-refractivity contribution in [3.63, 3.8) is 0 Å². The number of carbonyl (C=O) groups is 3. The highest BCUT2D eigenvalue weighted by molar-refractivity contribution is 5.98. The molecule has 3 heterocycles. The smallest absolute Gasteiger partial charge is 0.407 e. The number of piperidine rings is 2. The molecular weight excluding hydrogens is 602 g/mol. The lowest BCUT2D eigenvalue weighted by atomic mass is 9.88. The maximum Gasteiger partial charge on any atom is 0.407 e. The maximum atomic E-state index is 13.1. The number of benzene rings is 2. The molecule has 2 aliphatic rings. The van der Waals surface area contributed by atoms with Crippen LogP contribution in [0.3, 0.4) is 0 Å². The summed E-state index contributed by atoms with van der Waals surface area (Å²) in [5.74, 6) is -0.366. The Kier molecular flexibility index (Phi) is 13.1. The third-order valence-corrected chi connectivity index (χ3v) is 8.33. The van der Waals surface area contributed by atoms with Crippen molar-refractivity contribution in [2.75, 3.05) is 32.7 Å². The van der Waals surface area contributed by atoms with E-state index in [0.29, 0.717) is 24.1 Å². The summed E-state index contributed by atoms with van der Waals surface area (Å²) < 4.78 is 31.3. The number of rotatable bonds is 9. The Labute approximate surface area is 276 Å². The first-order chi connectivity index (χ1) is 22.5. The first-order valence-corrected chi connectivity index (χ1v) is 16.4. The minimum Gasteiger partial charge on any atom is -0.444 e. The van der Waals surface area contributed by atoms with Gasteiger partial charge >= 0.3 is 6.09 Å². The molecule has 2 N–H and O–H groups in total. The molecule has 0 bridgehead atoms. The monoisotopic (exact) mass is 648 g/mol. The van der Waals surface area contributed by atoms with Gasteiger partial charge in [-0.15, -0.1) is 0 Å². The Balaban J connectivity index is 0.000000277. The molecule has 1 amide bonds. The van der Waals surface area contributed by atoms with Crippen LogP contribution in [0.2, 0.25) is 0 Å².